The highest BCUT2D eigenvalue weighted by atomic mass is 79.9. The molecule has 0 spiro atoms. The first kappa shape index (κ1) is 15.6. The first-order valence-electron chi connectivity index (χ1n) is 6.78. The Balaban J connectivity index is 1.88. The summed E-state index contributed by atoms with van der Waals surface area (Å²) in [5, 5.41) is 6.96. The van der Waals surface area contributed by atoms with E-state index in [-0.39, 0.29) is 0 Å². The zero-order valence-electron chi connectivity index (χ0n) is 11.9. The predicted molar refractivity (Wildman–Crippen MR) is 98.6 cm³/mol. The lowest BCUT2D eigenvalue weighted by molar-refractivity contribution is 1.17. The second kappa shape index (κ2) is 6.85. The lowest BCUT2D eigenvalue weighted by atomic mass is 10.3. The summed E-state index contributed by atoms with van der Waals surface area (Å²) in [4.78, 5) is 8.39. The molecule has 0 saturated carbocycles. The molecule has 0 aliphatic carbocycles. The van der Waals surface area contributed by atoms with E-state index in [4.69, 9.17) is 17.3 Å². The third-order valence-electron chi connectivity index (χ3n) is 3.10. The number of hydrogen-bond acceptors (Lipinski definition) is 5. The van der Waals surface area contributed by atoms with Crippen molar-refractivity contribution in [2.24, 2.45) is 0 Å². The largest absolute Gasteiger partial charge is 0.393 e. The van der Waals surface area contributed by atoms with Gasteiger partial charge in [-0.1, -0.05) is 29.8 Å². The van der Waals surface area contributed by atoms with E-state index in [0.29, 0.717) is 22.3 Å². The Kier molecular flexibility index (Phi) is 4.64. The number of para-hydroxylation sites is 1. The van der Waals surface area contributed by atoms with Gasteiger partial charge in [-0.05, 0) is 46.3 Å². The van der Waals surface area contributed by atoms with Crippen molar-refractivity contribution in [1.29, 1.82) is 0 Å². The SMILES string of the molecule is Nc1c(Nc2cccc(Cl)c2)ncnc1Nc1ccccc1Br. The number of hydrogen-bond donors (Lipinski definition) is 3. The van der Waals surface area contributed by atoms with Crippen LogP contribution in [0.15, 0.2) is 59.3 Å². The number of halogens is 2. The van der Waals surface area contributed by atoms with Gasteiger partial charge in [-0.2, -0.15) is 0 Å². The normalized spacial score (nSPS) is 10.3. The molecule has 0 aliphatic heterocycles. The molecule has 1 heterocycles. The molecule has 3 aromatic rings. The number of anilines is 5. The number of nitrogens with two attached hydrogens (primary N) is 1. The van der Waals surface area contributed by atoms with Crippen LogP contribution in [-0.4, -0.2) is 9.97 Å². The van der Waals surface area contributed by atoms with Crippen LogP contribution in [0.25, 0.3) is 0 Å². The minimum Gasteiger partial charge on any atom is -0.393 e. The van der Waals surface area contributed by atoms with Gasteiger partial charge in [0.25, 0.3) is 0 Å². The minimum atomic E-state index is 0.420. The number of nitrogen functional groups attached to an aromatic ring is 1. The molecule has 0 bridgehead atoms. The second-order valence-corrected chi connectivity index (χ2v) is 6.02. The zero-order valence-corrected chi connectivity index (χ0v) is 14.3. The average Bonchev–Trinajstić information content (AvgIpc) is 2.53. The van der Waals surface area contributed by atoms with Crippen LogP contribution < -0.4 is 16.4 Å². The topological polar surface area (TPSA) is 75.9 Å². The molecule has 0 aliphatic rings. The van der Waals surface area contributed by atoms with Crippen molar-refractivity contribution in [1.82, 2.24) is 9.97 Å². The van der Waals surface area contributed by atoms with Crippen molar-refractivity contribution in [2.75, 3.05) is 16.4 Å². The molecular formula is C16H13BrClN5. The Bertz CT molecular complexity index is 840. The van der Waals surface area contributed by atoms with E-state index in [2.05, 4.69) is 36.5 Å². The van der Waals surface area contributed by atoms with E-state index < -0.39 is 0 Å². The van der Waals surface area contributed by atoms with Crippen LogP contribution in [0.4, 0.5) is 28.7 Å². The highest BCUT2D eigenvalue weighted by molar-refractivity contribution is 9.10. The van der Waals surface area contributed by atoms with Gasteiger partial charge in [-0.15, -0.1) is 0 Å². The van der Waals surface area contributed by atoms with Gasteiger partial charge in [-0.3, -0.25) is 0 Å². The maximum absolute atomic E-state index is 6.17. The molecule has 0 radical (unpaired) electrons. The van der Waals surface area contributed by atoms with Crippen molar-refractivity contribution in [3.8, 4) is 0 Å². The fourth-order valence-electron chi connectivity index (χ4n) is 1.99. The highest BCUT2D eigenvalue weighted by Crippen LogP contribution is 2.31. The zero-order chi connectivity index (χ0) is 16.2. The van der Waals surface area contributed by atoms with Crippen molar-refractivity contribution in [2.45, 2.75) is 0 Å². The number of nitrogens with zero attached hydrogens (tertiary/aromatic N) is 2. The van der Waals surface area contributed by atoms with Crippen molar-refractivity contribution in [3.05, 3.63) is 64.4 Å². The minimum absolute atomic E-state index is 0.420. The van der Waals surface area contributed by atoms with E-state index >= 15 is 0 Å². The molecule has 0 saturated heterocycles. The van der Waals surface area contributed by atoms with Crippen LogP contribution >= 0.6 is 27.5 Å². The Hall–Kier alpha value is -2.31. The van der Waals surface area contributed by atoms with E-state index in [1.807, 2.05) is 36.4 Å². The van der Waals surface area contributed by atoms with Crippen molar-refractivity contribution < 1.29 is 0 Å². The molecule has 4 N–H and O–H groups in total. The molecule has 23 heavy (non-hydrogen) atoms. The number of nitrogens with one attached hydrogen (secondary N) is 2. The maximum atomic E-state index is 6.17. The van der Waals surface area contributed by atoms with E-state index in [1.165, 1.54) is 6.33 Å². The molecule has 3 rings (SSSR count). The van der Waals surface area contributed by atoms with Gasteiger partial charge in [0.15, 0.2) is 11.6 Å². The van der Waals surface area contributed by atoms with Crippen LogP contribution in [0.5, 0.6) is 0 Å². The molecule has 0 atom stereocenters. The summed E-state index contributed by atoms with van der Waals surface area (Å²) in [6, 6.07) is 15.1. The smallest absolute Gasteiger partial charge is 0.159 e. The van der Waals surface area contributed by atoms with Crippen LogP contribution in [-0.2, 0) is 0 Å². The number of benzene rings is 2. The molecule has 0 amide bonds. The van der Waals surface area contributed by atoms with Crippen LogP contribution in [0.2, 0.25) is 5.02 Å². The quantitative estimate of drug-likeness (QED) is 0.587. The molecule has 1 aromatic heterocycles. The van der Waals surface area contributed by atoms with Gasteiger partial charge in [0.05, 0.1) is 5.69 Å². The molecule has 5 nitrogen and oxygen atoms in total. The van der Waals surface area contributed by atoms with Gasteiger partial charge < -0.3 is 16.4 Å². The van der Waals surface area contributed by atoms with Crippen molar-refractivity contribution in [3.63, 3.8) is 0 Å². The van der Waals surface area contributed by atoms with Crippen LogP contribution in [0.1, 0.15) is 0 Å². The summed E-state index contributed by atoms with van der Waals surface area (Å²) in [6.07, 6.45) is 1.45. The molecule has 2 aromatic carbocycles. The monoisotopic (exact) mass is 389 g/mol. The second-order valence-electron chi connectivity index (χ2n) is 4.72. The highest BCUT2D eigenvalue weighted by Gasteiger charge is 2.10. The van der Waals surface area contributed by atoms with Crippen molar-refractivity contribution >= 4 is 56.2 Å². The lowest BCUT2D eigenvalue weighted by Crippen LogP contribution is -2.05. The predicted octanol–water partition coefficient (Wildman–Crippen LogP) is 4.96. The summed E-state index contributed by atoms with van der Waals surface area (Å²) in [7, 11) is 0. The van der Waals surface area contributed by atoms with E-state index in [9.17, 15) is 0 Å². The average molecular weight is 391 g/mol. The molecule has 7 heteroatoms. The summed E-state index contributed by atoms with van der Waals surface area (Å²) in [6.45, 7) is 0. The molecule has 116 valence electrons. The Morgan fingerprint density at radius 1 is 0.957 bits per heavy atom. The maximum Gasteiger partial charge on any atom is 0.159 e. The Morgan fingerprint density at radius 3 is 2.43 bits per heavy atom. The Labute approximate surface area is 147 Å². The first-order valence-corrected chi connectivity index (χ1v) is 7.95. The number of rotatable bonds is 4. The van der Waals surface area contributed by atoms with E-state index in [1.54, 1.807) is 12.1 Å². The van der Waals surface area contributed by atoms with Crippen LogP contribution in [0.3, 0.4) is 0 Å². The van der Waals surface area contributed by atoms with Gasteiger partial charge in [0, 0.05) is 15.2 Å². The van der Waals surface area contributed by atoms with Gasteiger partial charge >= 0.3 is 0 Å². The van der Waals surface area contributed by atoms with E-state index in [0.717, 1.165) is 15.8 Å². The summed E-state index contributed by atoms with van der Waals surface area (Å²) in [5.74, 6) is 1.04. The summed E-state index contributed by atoms with van der Waals surface area (Å²) in [5.41, 5.74) is 8.26. The molecule has 0 fully saturated rings. The van der Waals surface area contributed by atoms with Gasteiger partial charge in [-0.25, -0.2) is 9.97 Å². The van der Waals surface area contributed by atoms with Gasteiger partial charge in [0.2, 0.25) is 0 Å². The lowest BCUT2D eigenvalue weighted by Gasteiger charge is -2.13. The molecular weight excluding hydrogens is 378 g/mol. The molecule has 0 unspecified atom stereocenters. The van der Waals surface area contributed by atoms with Gasteiger partial charge in [0.1, 0.15) is 12.0 Å². The number of aromatic nitrogens is 2. The fourth-order valence-corrected chi connectivity index (χ4v) is 2.56. The third kappa shape index (κ3) is 3.72. The first-order chi connectivity index (χ1) is 11.1. The Morgan fingerprint density at radius 2 is 1.70 bits per heavy atom. The summed E-state index contributed by atoms with van der Waals surface area (Å²) < 4.78 is 0.919. The third-order valence-corrected chi connectivity index (χ3v) is 4.02. The van der Waals surface area contributed by atoms with Crippen LogP contribution in [0, 0.1) is 0 Å². The fraction of sp³-hybridized carbons (Fsp3) is 0. The standard InChI is InChI=1S/C16H13BrClN5/c17-12-6-1-2-7-13(12)23-16-14(19)15(20-9-21-16)22-11-5-3-4-10(18)8-11/h1-9H,19H2,(H2,20,21,22,23). The summed E-state index contributed by atoms with van der Waals surface area (Å²) >= 11 is 9.47.